The normalized spacial score (nSPS) is 15.0. The third-order valence-electron chi connectivity index (χ3n) is 6.30. The molecule has 3 rings (SSSR count). The van der Waals surface area contributed by atoms with Crippen molar-refractivity contribution in [2.75, 3.05) is 17.1 Å². The highest BCUT2D eigenvalue weighted by molar-refractivity contribution is 9.10. The van der Waals surface area contributed by atoms with Crippen LogP contribution in [0.2, 0.25) is 5.02 Å². The minimum Gasteiger partial charge on any atom is -0.352 e. The maximum absolute atomic E-state index is 13.6. The van der Waals surface area contributed by atoms with Crippen molar-refractivity contribution in [2.45, 2.75) is 58.2 Å². The van der Waals surface area contributed by atoms with E-state index in [0.29, 0.717) is 16.3 Å². The van der Waals surface area contributed by atoms with Gasteiger partial charge in [-0.25, -0.2) is 8.42 Å². The molecule has 7 nitrogen and oxygen atoms in total. The summed E-state index contributed by atoms with van der Waals surface area (Å²) in [6, 6.07) is 11.7. The lowest BCUT2D eigenvalue weighted by molar-refractivity contribution is -0.139. The Bertz CT molecular complexity index is 1180. The maximum atomic E-state index is 13.6. The first-order valence-corrected chi connectivity index (χ1v) is 14.6. The number of nitrogens with one attached hydrogen (secondary N) is 1. The summed E-state index contributed by atoms with van der Waals surface area (Å²) in [6.45, 7) is 3.09. The van der Waals surface area contributed by atoms with E-state index in [-0.39, 0.29) is 18.5 Å². The average molecular weight is 585 g/mol. The minimum absolute atomic E-state index is 0.106. The number of hydrogen-bond donors (Lipinski definition) is 1. The lowest BCUT2D eigenvalue weighted by atomic mass is 10.1. The van der Waals surface area contributed by atoms with Crippen molar-refractivity contribution in [3.63, 3.8) is 0 Å². The third kappa shape index (κ3) is 7.21. The van der Waals surface area contributed by atoms with Gasteiger partial charge in [0.05, 0.1) is 11.9 Å². The van der Waals surface area contributed by atoms with Crippen LogP contribution in [0, 0.1) is 6.92 Å². The number of hydrogen-bond acceptors (Lipinski definition) is 4. The molecule has 0 aromatic heterocycles. The van der Waals surface area contributed by atoms with Crippen LogP contribution in [0.3, 0.4) is 0 Å². The second-order valence-corrected chi connectivity index (χ2v) is 12.2. The molecule has 35 heavy (non-hydrogen) atoms. The van der Waals surface area contributed by atoms with E-state index >= 15 is 0 Å². The standard InChI is InChI=1S/C25H31BrClN3O4S/c1-17-22(27)12-7-13-23(17)30(35(3,33)34)16-24(31)29(15-19-8-6-9-20(26)14-19)18(2)25(32)28-21-10-4-5-11-21/h6-9,12-14,18,21H,4-5,10-11,15-16H2,1-3H3,(H,28,32)/t18-/m0/s1. The molecule has 1 aliphatic carbocycles. The molecular weight excluding hydrogens is 554 g/mol. The quantitative estimate of drug-likeness (QED) is 0.465. The molecule has 0 saturated heterocycles. The van der Waals surface area contributed by atoms with Gasteiger partial charge in [-0.3, -0.25) is 13.9 Å². The summed E-state index contributed by atoms with van der Waals surface area (Å²) in [5.74, 6) is -0.728. The maximum Gasteiger partial charge on any atom is 0.244 e. The molecule has 1 fully saturated rings. The van der Waals surface area contributed by atoms with Crippen LogP contribution in [0.4, 0.5) is 5.69 Å². The Kier molecular flexibility index (Phi) is 9.23. The number of carbonyl (C=O) groups excluding carboxylic acids is 2. The predicted molar refractivity (Wildman–Crippen MR) is 143 cm³/mol. The molecule has 0 radical (unpaired) electrons. The fourth-order valence-corrected chi connectivity index (χ4v) is 5.78. The average Bonchev–Trinajstić information content (AvgIpc) is 3.29. The van der Waals surface area contributed by atoms with Gasteiger partial charge in [0.2, 0.25) is 21.8 Å². The van der Waals surface area contributed by atoms with Crippen molar-refractivity contribution >= 4 is 55.1 Å². The summed E-state index contributed by atoms with van der Waals surface area (Å²) in [6.07, 6.45) is 5.04. The first kappa shape index (κ1) is 27.5. The molecule has 1 aliphatic rings. The fraction of sp³-hybridized carbons (Fsp3) is 0.440. The highest BCUT2D eigenvalue weighted by Gasteiger charge is 2.32. The van der Waals surface area contributed by atoms with Gasteiger partial charge in [-0.1, -0.05) is 58.6 Å². The number of anilines is 1. The van der Waals surface area contributed by atoms with E-state index in [9.17, 15) is 18.0 Å². The molecule has 190 valence electrons. The van der Waals surface area contributed by atoms with E-state index in [1.54, 1.807) is 32.0 Å². The van der Waals surface area contributed by atoms with E-state index in [0.717, 1.165) is 46.3 Å². The Labute approximate surface area is 221 Å². The van der Waals surface area contributed by atoms with E-state index < -0.39 is 28.5 Å². The topological polar surface area (TPSA) is 86.8 Å². The van der Waals surface area contributed by atoms with Crippen LogP contribution in [0.15, 0.2) is 46.9 Å². The molecule has 1 saturated carbocycles. The number of rotatable bonds is 9. The van der Waals surface area contributed by atoms with Gasteiger partial charge >= 0.3 is 0 Å². The van der Waals surface area contributed by atoms with E-state index in [2.05, 4.69) is 21.2 Å². The molecule has 2 aromatic rings. The first-order valence-electron chi connectivity index (χ1n) is 11.5. The van der Waals surface area contributed by atoms with Gasteiger partial charge in [0.1, 0.15) is 12.6 Å². The molecule has 0 heterocycles. The van der Waals surface area contributed by atoms with Gasteiger partial charge in [0.25, 0.3) is 0 Å². The third-order valence-corrected chi connectivity index (χ3v) is 8.33. The lowest BCUT2D eigenvalue weighted by Gasteiger charge is -2.32. The van der Waals surface area contributed by atoms with Crippen molar-refractivity contribution in [3.05, 3.63) is 63.1 Å². The Balaban J connectivity index is 1.91. The van der Waals surface area contributed by atoms with Gasteiger partial charge in [0, 0.05) is 22.1 Å². The minimum atomic E-state index is -3.81. The summed E-state index contributed by atoms with van der Waals surface area (Å²) in [7, 11) is -3.81. The lowest BCUT2D eigenvalue weighted by Crippen LogP contribution is -2.52. The van der Waals surface area contributed by atoms with Gasteiger partial charge in [0.15, 0.2) is 0 Å². The highest BCUT2D eigenvalue weighted by Crippen LogP contribution is 2.28. The van der Waals surface area contributed by atoms with E-state index in [1.165, 1.54) is 4.90 Å². The molecule has 0 spiro atoms. The predicted octanol–water partition coefficient (Wildman–Crippen LogP) is 4.65. The molecule has 2 amide bonds. The fourth-order valence-electron chi connectivity index (χ4n) is 4.27. The highest BCUT2D eigenvalue weighted by atomic mass is 79.9. The number of nitrogens with zero attached hydrogens (tertiary/aromatic N) is 2. The number of benzene rings is 2. The number of sulfonamides is 1. The second kappa shape index (κ2) is 11.8. The molecule has 0 unspecified atom stereocenters. The molecule has 1 N–H and O–H groups in total. The zero-order valence-corrected chi connectivity index (χ0v) is 23.3. The largest absolute Gasteiger partial charge is 0.352 e. The van der Waals surface area contributed by atoms with Gasteiger partial charge in [-0.05, 0) is 62.1 Å². The molecule has 10 heteroatoms. The van der Waals surface area contributed by atoms with Crippen molar-refractivity contribution in [1.29, 1.82) is 0 Å². The SMILES string of the molecule is Cc1c(Cl)cccc1N(CC(=O)N(Cc1cccc(Br)c1)[C@@H](C)C(=O)NC1CCCC1)S(C)(=O)=O. The van der Waals surface area contributed by atoms with Crippen LogP contribution in [-0.2, 0) is 26.2 Å². The summed E-state index contributed by atoms with van der Waals surface area (Å²) in [5.41, 5.74) is 1.70. The summed E-state index contributed by atoms with van der Waals surface area (Å²) in [5, 5.41) is 3.45. The Morgan fingerprint density at radius 1 is 1.17 bits per heavy atom. The van der Waals surface area contributed by atoms with Gasteiger partial charge < -0.3 is 10.2 Å². The second-order valence-electron chi connectivity index (χ2n) is 8.97. The summed E-state index contributed by atoms with van der Waals surface area (Å²) >= 11 is 9.67. The van der Waals surface area contributed by atoms with Crippen LogP contribution in [0.5, 0.6) is 0 Å². The monoisotopic (exact) mass is 583 g/mol. The Hall–Kier alpha value is -2.10. The molecular formula is C25H31BrClN3O4S. The zero-order chi connectivity index (χ0) is 25.8. The summed E-state index contributed by atoms with van der Waals surface area (Å²) in [4.78, 5) is 28.2. The smallest absolute Gasteiger partial charge is 0.244 e. The van der Waals surface area contributed by atoms with Crippen LogP contribution in [-0.4, -0.2) is 50.0 Å². The molecule has 0 aliphatic heterocycles. The molecule has 1 atom stereocenters. The molecule has 0 bridgehead atoms. The van der Waals surface area contributed by atoms with Crippen LogP contribution >= 0.6 is 27.5 Å². The van der Waals surface area contributed by atoms with Crippen molar-refractivity contribution in [2.24, 2.45) is 0 Å². The number of halogens is 2. The first-order chi connectivity index (χ1) is 16.5. The van der Waals surface area contributed by atoms with Crippen molar-refractivity contribution in [1.82, 2.24) is 10.2 Å². The van der Waals surface area contributed by atoms with Crippen molar-refractivity contribution in [3.8, 4) is 0 Å². The van der Waals surface area contributed by atoms with E-state index in [1.807, 2.05) is 24.3 Å². The number of carbonyl (C=O) groups is 2. The Morgan fingerprint density at radius 3 is 2.46 bits per heavy atom. The number of amides is 2. The van der Waals surface area contributed by atoms with Gasteiger partial charge in [-0.2, -0.15) is 0 Å². The Morgan fingerprint density at radius 2 is 1.83 bits per heavy atom. The van der Waals surface area contributed by atoms with Gasteiger partial charge in [-0.15, -0.1) is 0 Å². The van der Waals surface area contributed by atoms with Crippen LogP contribution < -0.4 is 9.62 Å². The van der Waals surface area contributed by atoms with Crippen LogP contribution in [0.25, 0.3) is 0 Å². The zero-order valence-electron chi connectivity index (χ0n) is 20.1. The summed E-state index contributed by atoms with van der Waals surface area (Å²) < 4.78 is 27.3. The van der Waals surface area contributed by atoms with E-state index in [4.69, 9.17) is 11.6 Å². The van der Waals surface area contributed by atoms with Crippen LogP contribution in [0.1, 0.15) is 43.7 Å². The van der Waals surface area contributed by atoms with Crippen molar-refractivity contribution < 1.29 is 18.0 Å². The molecule has 2 aromatic carbocycles.